The van der Waals surface area contributed by atoms with Gasteiger partial charge >= 0.3 is 0 Å². The number of carbonyl (C=O) groups is 1. The molecule has 25 heavy (non-hydrogen) atoms. The van der Waals surface area contributed by atoms with Crippen LogP contribution in [0.25, 0.3) is 0 Å². The number of benzene rings is 2. The van der Waals surface area contributed by atoms with Crippen molar-refractivity contribution in [2.75, 3.05) is 22.4 Å². The van der Waals surface area contributed by atoms with Gasteiger partial charge in [-0.3, -0.25) is 9.10 Å². The van der Waals surface area contributed by atoms with Crippen molar-refractivity contribution >= 4 is 27.3 Å². The van der Waals surface area contributed by atoms with E-state index in [0.29, 0.717) is 11.4 Å². The fourth-order valence-electron chi connectivity index (χ4n) is 2.43. The Kier molecular flexibility index (Phi) is 5.85. The fraction of sp³-hybridized carbons (Fsp3) is 0.316. The van der Waals surface area contributed by atoms with Crippen LogP contribution in [0.15, 0.2) is 42.5 Å². The summed E-state index contributed by atoms with van der Waals surface area (Å²) in [6, 6.07) is 12.9. The van der Waals surface area contributed by atoms with Crippen molar-refractivity contribution in [1.29, 1.82) is 0 Å². The third-order valence-electron chi connectivity index (χ3n) is 4.06. The molecule has 1 N–H and O–H groups in total. The molecule has 0 heterocycles. The van der Waals surface area contributed by atoms with Gasteiger partial charge in [0.05, 0.1) is 11.9 Å². The Labute approximate surface area is 149 Å². The summed E-state index contributed by atoms with van der Waals surface area (Å²) in [5.41, 5.74) is 4.49. The van der Waals surface area contributed by atoms with E-state index in [4.69, 9.17) is 0 Å². The number of aryl methyl sites for hydroxylation is 3. The number of hydrogen-bond donors (Lipinski definition) is 1. The normalized spacial score (nSPS) is 11.2. The highest BCUT2D eigenvalue weighted by molar-refractivity contribution is 7.92. The third-order valence-corrected chi connectivity index (χ3v) is 5.25. The maximum Gasteiger partial charge on any atom is 0.232 e. The molecule has 0 radical (unpaired) electrons. The SMILES string of the molecule is Cc1ccc(NC(=O)CCN(c2ccc(C)c(C)c2)S(C)(=O)=O)cc1. The lowest BCUT2D eigenvalue weighted by molar-refractivity contribution is -0.116. The van der Waals surface area contributed by atoms with Gasteiger partial charge in [-0.2, -0.15) is 0 Å². The zero-order valence-electron chi connectivity index (χ0n) is 15.0. The van der Waals surface area contributed by atoms with Gasteiger partial charge < -0.3 is 5.32 Å². The summed E-state index contributed by atoms with van der Waals surface area (Å²) >= 11 is 0. The summed E-state index contributed by atoms with van der Waals surface area (Å²) in [5, 5.41) is 2.79. The van der Waals surface area contributed by atoms with Crippen molar-refractivity contribution in [1.82, 2.24) is 0 Å². The van der Waals surface area contributed by atoms with Crippen LogP contribution < -0.4 is 9.62 Å². The highest BCUT2D eigenvalue weighted by Crippen LogP contribution is 2.21. The molecule has 0 aliphatic heterocycles. The Hall–Kier alpha value is -2.34. The van der Waals surface area contributed by atoms with Gasteiger partial charge in [0.15, 0.2) is 0 Å². The number of hydrogen-bond acceptors (Lipinski definition) is 3. The summed E-state index contributed by atoms with van der Waals surface area (Å²) in [5.74, 6) is -0.221. The zero-order valence-corrected chi connectivity index (χ0v) is 15.9. The molecule has 0 unspecified atom stereocenters. The van der Waals surface area contributed by atoms with Gasteiger partial charge in [0, 0.05) is 18.7 Å². The number of sulfonamides is 1. The molecule has 1 amide bonds. The molecule has 0 spiro atoms. The minimum Gasteiger partial charge on any atom is -0.326 e. The number of rotatable bonds is 6. The first-order valence-electron chi connectivity index (χ1n) is 8.08. The lowest BCUT2D eigenvalue weighted by Crippen LogP contribution is -2.33. The molecule has 0 fully saturated rings. The highest BCUT2D eigenvalue weighted by atomic mass is 32.2. The van der Waals surface area contributed by atoms with E-state index in [-0.39, 0.29) is 18.9 Å². The van der Waals surface area contributed by atoms with Crippen LogP contribution in [0.1, 0.15) is 23.1 Å². The number of anilines is 2. The van der Waals surface area contributed by atoms with Gasteiger partial charge in [0.2, 0.25) is 15.9 Å². The van der Waals surface area contributed by atoms with Gasteiger partial charge in [-0.25, -0.2) is 8.42 Å². The van der Waals surface area contributed by atoms with E-state index >= 15 is 0 Å². The van der Waals surface area contributed by atoms with Gasteiger partial charge in [-0.1, -0.05) is 23.8 Å². The van der Waals surface area contributed by atoms with E-state index in [2.05, 4.69) is 5.32 Å². The Morgan fingerprint density at radius 2 is 1.64 bits per heavy atom. The van der Waals surface area contributed by atoms with E-state index in [0.717, 1.165) is 22.9 Å². The van der Waals surface area contributed by atoms with E-state index in [1.807, 2.05) is 57.2 Å². The van der Waals surface area contributed by atoms with Crippen molar-refractivity contribution in [3.05, 3.63) is 59.2 Å². The summed E-state index contributed by atoms with van der Waals surface area (Å²) in [4.78, 5) is 12.1. The molecule has 6 heteroatoms. The number of carbonyl (C=O) groups excluding carboxylic acids is 1. The average Bonchev–Trinajstić information content (AvgIpc) is 2.52. The molecule has 0 aromatic heterocycles. The van der Waals surface area contributed by atoms with Gasteiger partial charge in [-0.15, -0.1) is 0 Å². The van der Waals surface area contributed by atoms with Crippen molar-refractivity contribution in [2.45, 2.75) is 27.2 Å². The lowest BCUT2D eigenvalue weighted by atomic mass is 10.1. The molecule has 0 bridgehead atoms. The number of nitrogens with zero attached hydrogens (tertiary/aromatic N) is 1. The van der Waals surface area contributed by atoms with Crippen LogP contribution >= 0.6 is 0 Å². The second kappa shape index (κ2) is 7.70. The quantitative estimate of drug-likeness (QED) is 0.858. The van der Waals surface area contributed by atoms with E-state index < -0.39 is 10.0 Å². The Bertz CT molecular complexity index is 859. The second-order valence-electron chi connectivity index (χ2n) is 6.27. The smallest absolute Gasteiger partial charge is 0.232 e. The Morgan fingerprint density at radius 3 is 2.20 bits per heavy atom. The van der Waals surface area contributed by atoms with Crippen molar-refractivity contribution in [3.8, 4) is 0 Å². The van der Waals surface area contributed by atoms with Crippen LogP contribution in [0.2, 0.25) is 0 Å². The highest BCUT2D eigenvalue weighted by Gasteiger charge is 2.19. The zero-order chi connectivity index (χ0) is 18.6. The first-order chi connectivity index (χ1) is 11.7. The molecule has 2 aromatic carbocycles. The number of nitrogens with one attached hydrogen (secondary N) is 1. The largest absolute Gasteiger partial charge is 0.326 e. The fourth-order valence-corrected chi connectivity index (χ4v) is 3.35. The van der Waals surface area contributed by atoms with Gasteiger partial charge in [-0.05, 0) is 56.2 Å². The van der Waals surface area contributed by atoms with Gasteiger partial charge in [0.25, 0.3) is 0 Å². The third kappa shape index (κ3) is 5.32. The van der Waals surface area contributed by atoms with Crippen LogP contribution in [0, 0.1) is 20.8 Å². The summed E-state index contributed by atoms with van der Waals surface area (Å²) in [6.45, 7) is 5.97. The average molecular weight is 360 g/mol. The van der Waals surface area contributed by atoms with Crippen molar-refractivity contribution < 1.29 is 13.2 Å². The predicted octanol–water partition coefficient (Wildman–Crippen LogP) is 3.41. The Balaban J connectivity index is 2.08. The molecule has 2 rings (SSSR count). The first kappa shape index (κ1) is 19.0. The van der Waals surface area contributed by atoms with E-state index in [1.54, 1.807) is 6.07 Å². The molecule has 0 saturated heterocycles. The molecule has 0 aliphatic rings. The predicted molar refractivity (Wildman–Crippen MR) is 103 cm³/mol. The monoisotopic (exact) mass is 360 g/mol. The van der Waals surface area contributed by atoms with Crippen molar-refractivity contribution in [2.24, 2.45) is 0 Å². The molecule has 0 saturated carbocycles. The van der Waals surface area contributed by atoms with Gasteiger partial charge in [0.1, 0.15) is 0 Å². The van der Waals surface area contributed by atoms with Crippen LogP contribution in [-0.4, -0.2) is 27.1 Å². The maximum absolute atomic E-state index is 12.1. The maximum atomic E-state index is 12.1. The molecule has 5 nitrogen and oxygen atoms in total. The standard InChI is InChI=1S/C19H24N2O3S/c1-14-5-8-17(9-6-14)20-19(22)11-12-21(25(4,23)24)18-10-7-15(2)16(3)13-18/h5-10,13H,11-12H2,1-4H3,(H,20,22). The lowest BCUT2D eigenvalue weighted by Gasteiger charge is -2.23. The van der Waals surface area contributed by atoms with E-state index in [1.165, 1.54) is 4.31 Å². The summed E-state index contributed by atoms with van der Waals surface area (Å²) in [7, 11) is -3.47. The molecular formula is C19H24N2O3S. The summed E-state index contributed by atoms with van der Waals surface area (Å²) < 4.78 is 25.5. The molecule has 0 atom stereocenters. The topological polar surface area (TPSA) is 66.5 Å². The van der Waals surface area contributed by atoms with Crippen LogP contribution in [-0.2, 0) is 14.8 Å². The molecular weight excluding hydrogens is 336 g/mol. The molecule has 134 valence electrons. The first-order valence-corrected chi connectivity index (χ1v) is 9.93. The summed E-state index contributed by atoms with van der Waals surface area (Å²) in [6.07, 6.45) is 1.23. The molecule has 0 aliphatic carbocycles. The molecule has 2 aromatic rings. The van der Waals surface area contributed by atoms with Crippen molar-refractivity contribution in [3.63, 3.8) is 0 Å². The second-order valence-corrected chi connectivity index (χ2v) is 8.17. The van der Waals surface area contributed by atoms with E-state index in [9.17, 15) is 13.2 Å². The minimum absolute atomic E-state index is 0.0773. The number of amides is 1. The van der Waals surface area contributed by atoms with Crippen LogP contribution in [0.4, 0.5) is 11.4 Å². The van der Waals surface area contributed by atoms with Crippen LogP contribution in [0.5, 0.6) is 0 Å². The minimum atomic E-state index is -3.47. The Morgan fingerprint density at radius 1 is 1.00 bits per heavy atom. The van der Waals surface area contributed by atoms with Crippen LogP contribution in [0.3, 0.4) is 0 Å².